The third-order valence-corrected chi connectivity index (χ3v) is 5.81. The summed E-state index contributed by atoms with van der Waals surface area (Å²) in [5, 5.41) is 0. The molecule has 6 aromatic rings. The minimum absolute atomic E-state index is 0.360. The summed E-state index contributed by atoms with van der Waals surface area (Å²) in [5.74, 6) is 5.02. The molecule has 4 aromatic carbocycles. The minimum Gasteiger partial charge on any atom is -0.454 e. The zero-order valence-corrected chi connectivity index (χ0v) is 34.2. The van der Waals surface area contributed by atoms with Gasteiger partial charge < -0.3 is 13.9 Å². The van der Waals surface area contributed by atoms with E-state index in [9.17, 15) is 0 Å². The smallest absolute Gasteiger partial charge is 0.231 e. The van der Waals surface area contributed by atoms with E-state index in [0.717, 1.165) is 63.2 Å². The van der Waals surface area contributed by atoms with E-state index in [1.807, 2.05) is 96.5 Å². The van der Waals surface area contributed by atoms with E-state index in [2.05, 4.69) is 110 Å². The molecule has 9 heteroatoms. The highest BCUT2D eigenvalue weighted by Crippen LogP contribution is 2.30. The number of nitrogens with one attached hydrogen (secondary N) is 2. The lowest BCUT2D eigenvalue weighted by atomic mass is 10.3. The van der Waals surface area contributed by atoms with Gasteiger partial charge in [-0.15, -0.1) is 11.3 Å². The van der Waals surface area contributed by atoms with Crippen LogP contribution in [0.2, 0.25) is 0 Å². The maximum atomic E-state index is 5.08. The summed E-state index contributed by atoms with van der Waals surface area (Å²) >= 11 is 1.68. The molecular weight excluding hydrogens is 669 g/mol. The summed E-state index contributed by atoms with van der Waals surface area (Å²) in [6.07, 6.45) is 1.45. The van der Waals surface area contributed by atoms with Gasteiger partial charge in [0.25, 0.3) is 0 Å². The lowest BCUT2D eigenvalue weighted by Crippen LogP contribution is -1.94. The second kappa shape index (κ2) is 27.1. The van der Waals surface area contributed by atoms with Crippen LogP contribution in [0.3, 0.4) is 0 Å². The van der Waals surface area contributed by atoms with Crippen LogP contribution in [0, 0.1) is 23.7 Å². The topological polar surface area (TPSA) is 90.7 Å². The molecule has 8 rings (SSSR count). The Hall–Kier alpha value is -4.60. The fourth-order valence-electron chi connectivity index (χ4n) is 3.25. The number of anilines is 2. The van der Waals surface area contributed by atoms with E-state index >= 15 is 0 Å². The van der Waals surface area contributed by atoms with E-state index in [4.69, 9.17) is 18.8 Å². The molecule has 0 radical (unpaired) electrons. The van der Waals surface area contributed by atoms with E-state index < -0.39 is 0 Å². The number of aromatic nitrogens is 2. The van der Waals surface area contributed by atoms with Crippen molar-refractivity contribution in [1.29, 1.82) is 0 Å². The fraction of sp³-hybridized carbons (Fsp3) is 0.395. The second-order valence-corrected chi connectivity index (χ2v) is 15.2. The highest BCUT2D eigenvalue weighted by Gasteiger charge is 2.09. The molecule has 2 aromatic heterocycles. The molecule has 0 atom stereocenters. The van der Waals surface area contributed by atoms with Crippen molar-refractivity contribution in [2.45, 2.75) is 83.1 Å². The van der Waals surface area contributed by atoms with Crippen molar-refractivity contribution in [3.05, 3.63) is 109 Å². The Balaban J connectivity index is 0.000000307. The lowest BCUT2D eigenvalue weighted by molar-refractivity contribution is 0.174. The molecule has 0 unspecified atom stereocenters. The third-order valence-electron chi connectivity index (χ3n) is 5.00. The van der Waals surface area contributed by atoms with Gasteiger partial charge in [0.2, 0.25) is 6.79 Å². The number of fused-ring (bicyclic) bond motifs is 4. The number of para-hydroxylation sites is 7. The first kappa shape index (κ1) is 45.4. The molecule has 52 heavy (non-hydrogen) atoms. The average Bonchev–Trinajstić information content (AvgIpc) is 3.91. The molecule has 8 nitrogen and oxygen atoms in total. The van der Waals surface area contributed by atoms with E-state index in [1.165, 1.54) is 11.1 Å². The SMILES string of the molecule is CC(C)C.CC(C)C.CC(C)C.CC(C)C.c1ccc2c(c1)NON2.c1ccc2c(c1)OCO2.c1ccc2ocnc2c1.c1ccc2scnc2c1. The molecule has 0 bridgehead atoms. The van der Waals surface area contributed by atoms with Crippen LogP contribution in [0.15, 0.2) is 113 Å². The summed E-state index contributed by atoms with van der Waals surface area (Å²) in [5.41, 5.74) is 12.1. The van der Waals surface area contributed by atoms with Gasteiger partial charge >= 0.3 is 0 Å². The molecule has 0 spiro atoms. The number of oxazole rings is 1. The fourth-order valence-corrected chi connectivity index (χ4v) is 3.93. The van der Waals surface area contributed by atoms with Crippen LogP contribution in [-0.2, 0) is 4.94 Å². The van der Waals surface area contributed by atoms with Crippen molar-refractivity contribution in [3.63, 3.8) is 0 Å². The van der Waals surface area contributed by atoms with E-state index in [0.29, 0.717) is 6.79 Å². The van der Waals surface area contributed by atoms with Crippen molar-refractivity contribution in [3.8, 4) is 11.5 Å². The number of rotatable bonds is 0. The van der Waals surface area contributed by atoms with Gasteiger partial charge in [-0.3, -0.25) is 0 Å². The number of hydrogen-bond acceptors (Lipinski definition) is 9. The number of benzene rings is 4. The van der Waals surface area contributed by atoms with E-state index in [-0.39, 0.29) is 0 Å². The molecule has 0 saturated heterocycles. The van der Waals surface area contributed by atoms with Gasteiger partial charge in [-0.25, -0.2) is 20.9 Å². The van der Waals surface area contributed by atoms with E-state index in [1.54, 1.807) is 11.3 Å². The van der Waals surface area contributed by atoms with Crippen LogP contribution in [-0.4, -0.2) is 16.8 Å². The van der Waals surface area contributed by atoms with Crippen molar-refractivity contribution in [2.75, 3.05) is 17.8 Å². The average molecular weight is 731 g/mol. The van der Waals surface area contributed by atoms with Gasteiger partial charge in [-0.2, -0.15) is 4.94 Å². The zero-order valence-electron chi connectivity index (χ0n) is 33.3. The van der Waals surface area contributed by atoms with Crippen molar-refractivity contribution >= 4 is 44.0 Å². The van der Waals surface area contributed by atoms with Crippen LogP contribution in [0.4, 0.5) is 11.4 Å². The molecular formula is C43H62N4O4S. The summed E-state index contributed by atoms with van der Waals surface area (Å²) in [4.78, 5) is 12.8. The molecule has 0 amide bonds. The van der Waals surface area contributed by atoms with Crippen LogP contribution < -0.4 is 20.4 Å². The summed E-state index contributed by atoms with van der Waals surface area (Å²) in [6, 6.07) is 31.2. The number of ether oxygens (including phenoxy) is 2. The zero-order chi connectivity index (χ0) is 38.7. The van der Waals surface area contributed by atoms with Gasteiger partial charge in [0, 0.05) is 0 Å². The normalized spacial score (nSPS) is 11.1. The second-order valence-electron chi connectivity index (χ2n) is 14.3. The Kier molecular flexibility index (Phi) is 23.7. The van der Waals surface area contributed by atoms with Crippen LogP contribution in [0.25, 0.3) is 21.3 Å². The van der Waals surface area contributed by atoms with Crippen molar-refractivity contribution in [1.82, 2.24) is 9.97 Å². The molecule has 2 aliphatic rings. The standard InChI is InChI=1S/C7H5NO.C7H5NS.C7H6O2.C6H6N2O.4C4H10/c3*1-2-4-7-6(3-1)8-5-9-7;1-2-4-6-5(3-1)7-9-8-6;4*1-4(2)3/h2*1-5H;1-4H,5H2;1-4,7-8H;4*4H,1-3H3. The Labute approximate surface area is 316 Å². The largest absolute Gasteiger partial charge is 0.454 e. The summed E-state index contributed by atoms with van der Waals surface area (Å²) in [6.45, 7) is 26.4. The maximum Gasteiger partial charge on any atom is 0.231 e. The molecule has 0 fully saturated rings. The summed E-state index contributed by atoms with van der Waals surface area (Å²) < 4.78 is 16.4. The molecule has 2 N–H and O–H groups in total. The van der Waals surface area contributed by atoms with Gasteiger partial charge in [0.15, 0.2) is 23.5 Å². The van der Waals surface area contributed by atoms with Gasteiger partial charge in [-0.05, 0) is 72.2 Å². The van der Waals surface area contributed by atoms with Crippen LogP contribution in [0.5, 0.6) is 11.5 Å². The Morgan fingerprint density at radius 1 is 0.519 bits per heavy atom. The molecule has 0 aliphatic carbocycles. The molecule has 4 heterocycles. The first-order chi connectivity index (χ1) is 24.8. The molecule has 284 valence electrons. The number of hydrogen-bond donors (Lipinski definition) is 2. The quantitative estimate of drug-likeness (QED) is 0.160. The predicted octanol–water partition coefficient (Wildman–Crippen LogP) is 13.6. The third kappa shape index (κ3) is 22.3. The summed E-state index contributed by atoms with van der Waals surface area (Å²) in [7, 11) is 0. The van der Waals surface area contributed by atoms with Gasteiger partial charge in [-0.1, -0.05) is 132 Å². The lowest BCUT2D eigenvalue weighted by Gasteiger charge is -1.89. The monoisotopic (exact) mass is 730 g/mol. The number of thiazole rings is 1. The van der Waals surface area contributed by atoms with Crippen LogP contribution >= 0.6 is 11.3 Å². The molecule has 0 saturated carbocycles. The van der Waals surface area contributed by atoms with Gasteiger partial charge in [0.05, 0.1) is 27.1 Å². The first-order valence-electron chi connectivity index (χ1n) is 18.0. The van der Waals surface area contributed by atoms with Crippen molar-refractivity contribution < 1.29 is 18.8 Å². The Morgan fingerprint density at radius 3 is 1.42 bits per heavy atom. The molecule has 2 aliphatic heterocycles. The van der Waals surface area contributed by atoms with Gasteiger partial charge in [0.1, 0.15) is 5.52 Å². The highest BCUT2D eigenvalue weighted by molar-refractivity contribution is 7.16. The van der Waals surface area contributed by atoms with Crippen LogP contribution in [0.1, 0.15) is 83.1 Å². The van der Waals surface area contributed by atoms with Crippen molar-refractivity contribution in [2.24, 2.45) is 23.7 Å². The maximum absolute atomic E-state index is 5.08. The first-order valence-corrected chi connectivity index (χ1v) is 18.9. The highest BCUT2D eigenvalue weighted by atomic mass is 32.1. The minimum atomic E-state index is 0.360. The Morgan fingerprint density at radius 2 is 0.942 bits per heavy atom. The number of nitrogens with zero attached hydrogens (tertiary/aromatic N) is 2. The Bertz CT molecular complexity index is 1480. The predicted molar refractivity (Wildman–Crippen MR) is 223 cm³/mol.